The number of aromatic nitrogens is 2. The lowest BCUT2D eigenvalue weighted by Crippen LogP contribution is -2.36. The van der Waals surface area contributed by atoms with Gasteiger partial charge in [0.1, 0.15) is 0 Å². The Hall–Kier alpha value is -2.34. The van der Waals surface area contributed by atoms with Gasteiger partial charge in [-0.2, -0.15) is 0 Å². The van der Waals surface area contributed by atoms with Crippen molar-refractivity contribution in [2.45, 2.75) is 26.4 Å². The van der Waals surface area contributed by atoms with Crippen LogP contribution >= 0.6 is 0 Å². The number of anilines is 1. The molecule has 0 aliphatic heterocycles. The first-order valence-corrected chi connectivity index (χ1v) is 6.44. The number of nitrogen functional groups attached to an aromatic ring is 1. The van der Waals surface area contributed by atoms with E-state index in [1.54, 1.807) is 18.6 Å². The fraction of sp³-hybridized carbons (Fsp3) is 0.286. The molecule has 6 heteroatoms. The first-order chi connectivity index (χ1) is 9.60. The molecule has 1 aromatic carbocycles. The highest BCUT2D eigenvalue weighted by molar-refractivity contribution is 5.99. The molecule has 0 saturated heterocycles. The Morgan fingerprint density at radius 2 is 2.30 bits per heavy atom. The van der Waals surface area contributed by atoms with Gasteiger partial charge < -0.3 is 15.3 Å². The van der Waals surface area contributed by atoms with Crippen LogP contribution < -0.4 is 16.6 Å². The third-order valence-corrected chi connectivity index (χ3v) is 3.00. The fourth-order valence-electron chi connectivity index (χ4n) is 2.03. The van der Waals surface area contributed by atoms with Gasteiger partial charge in [-0.15, -0.1) is 0 Å². The van der Waals surface area contributed by atoms with Gasteiger partial charge in [0, 0.05) is 25.0 Å². The molecule has 0 spiro atoms. The molecular formula is C14H19N5O. The SMILES string of the molecule is Cc1ccc(NN)c(C(=O)NC(C)Cn2ccnc2)c1. The first-order valence-electron chi connectivity index (χ1n) is 6.44. The molecule has 0 bridgehead atoms. The third-order valence-electron chi connectivity index (χ3n) is 3.00. The van der Waals surface area contributed by atoms with Gasteiger partial charge >= 0.3 is 0 Å². The highest BCUT2D eigenvalue weighted by atomic mass is 16.1. The number of carbonyl (C=O) groups is 1. The minimum absolute atomic E-state index is 0.0113. The van der Waals surface area contributed by atoms with Crippen LogP contribution in [0.1, 0.15) is 22.8 Å². The zero-order chi connectivity index (χ0) is 14.5. The predicted molar refractivity (Wildman–Crippen MR) is 78.1 cm³/mol. The second-order valence-electron chi connectivity index (χ2n) is 4.83. The molecule has 1 amide bonds. The molecule has 0 saturated carbocycles. The van der Waals surface area contributed by atoms with Crippen molar-refractivity contribution in [3.8, 4) is 0 Å². The van der Waals surface area contributed by atoms with E-state index in [1.165, 1.54) is 0 Å². The van der Waals surface area contributed by atoms with Crippen molar-refractivity contribution in [3.63, 3.8) is 0 Å². The third kappa shape index (κ3) is 3.36. The van der Waals surface area contributed by atoms with Crippen LogP contribution in [0.3, 0.4) is 0 Å². The molecule has 0 aliphatic rings. The molecular weight excluding hydrogens is 254 g/mol. The molecule has 1 atom stereocenters. The Bertz CT molecular complexity index is 579. The molecule has 1 heterocycles. The maximum Gasteiger partial charge on any atom is 0.253 e. The predicted octanol–water partition coefficient (Wildman–Crippen LogP) is 1.30. The van der Waals surface area contributed by atoms with Gasteiger partial charge in [0.25, 0.3) is 5.91 Å². The number of hydrogen-bond donors (Lipinski definition) is 3. The zero-order valence-corrected chi connectivity index (χ0v) is 11.6. The molecule has 0 fully saturated rings. The number of nitrogens with zero attached hydrogens (tertiary/aromatic N) is 2. The minimum Gasteiger partial charge on any atom is -0.348 e. The second kappa shape index (κ2) is 6.21. The van der Waals surface area contributed by atoms with Crippen molar-refractivity contribution in [3.05, 3.63) is 48.0 Å². The molecule has 6 nitrogen and oxygen atoms in total. The van der Waals surface area contributed by atoms with E-state index in [4.69, 9.17) is 5.84 Å². The molecule has 1 aromatic heterocycles. The number of hydrazine groups is 1. The summed E-state index contributed by atoms with van der Waals surface area (Å²) in [7, 11) is 0. The van der Waals surface area contributed by atoms with Gasteiger partial charge in [0.15, 0.2) is 0 Å². The molecule has 1 unspecified atom stereocenters. The van der Waals surface area contributed by atoms with Crippen LogP contribution in [0.15, 0.2) is 36.9 Å². The van der Waals surface area contributed by atoms with Gasteiger partial charge in [-0.05, 0) is 26.0 Å². The number of benzene rings is 1. The average molecular weight is 273 g/mol. The van der Waals surface area contributed by atoms with Crippen LogP contribution in [-0.4, -0.2) is 21.5 Å². The highest BCUT2D eigenvalue weighted by Gasteiger charge is 2.14. The Balaban J connectivity index is 2.06. The minimum atomic E-state index is -0.144. The fourth-order valence-corrected chi connectivity index (χ4v) is 2.03. The van der Waals surface area contributed by atoms with Crippen LogP contribution in [-0.2, 0) is 6.54 Å². The number of nitrogens with one attached hydrogen (secondary N) is 2. The lowest BCUT2D eigenvalue weighted by molar-refractivity contribution is 0.0937. The maximum atomic E-state index is 12.3. The van der Waals surface area contributed by atoms with Crippen molar-refractivity contribution in [1.82, 2.24) is 14.9 Å². The monoisotopic (exact) mass is 273 g/mol. The van der Waals surface area contributed by atoms with E-state index in [0.29, 0.717) is 17.8 Å². The molecule has 106 valence electrons. The number of aryl methyl sites for hydroxylation is 1. The van der Waals surface area contributed by atoms with Gasteiger partial charge in [0.2, 0.25) is 0 Å². The lowest BCUT2D eigenvalue weighted by Gasteiger charge is -2.16. The van der Waals surface area contributed by atoms with E-state index < -0.39 is 0 Å². The zero-order valence-electron chi connectivity index (χ0n) is 11.6. The summed E-state index contributed by atoms with van der Waals surface area (Å²) < 4.78 is 1.92. The number of rotatable bonds is 5. The van der Waals surface area contributed by atoms with E-state index in [-0.39, 0.29) is 11.9 Å². The smallest absolute Gasteiger partial charge is 0.253 e. The van der Waals surface area contributed by atoms with E-state index in [9.17, 15) is 4.79 Å². The maximum absolute atomic E-state index is 12.3. The number of amides is 1. The Morgan fingerprint density at radius 1 is 1.50 bits per heavy atom. The number of carbonyl (C=O) groups excluding carboxylic acids is 1. The number of imidazole rings is 1. The van der Waals surface area contributed by atoms with Crippen LogP contribution in [0.25, 0.3) is 0 Å². The van der Waals surface area contributed by atoms with Crippen LogP contribution in [0.5, 0.6) is 0 Å². The van der Waals surface area contributed by atoms with Gasteiger partial charge in [-0.25, -0.2) is 4.98 Å². The summed E-state index contributed by atoms with van der Waals surface area (Å²) in [5, 5.41) is 2.95. The van der Waals surface area contributed by atoms with Gasteiger partial charge in [-0.1, -0.05) is 11.6 Å². The molecule has 4 N–H and O–H groups in total. The van der Waals surface area contributed by atoms with Crippen LogP contribution in [0.2, 0.25) is 0 Å². The molecule has 0 radical (unpaired) electrons. The Morgan fingerprint density at radius 3 is 2.95 bits per heavy atom. The quantitative estimate of drug-likeness (QED) is 0.566. The summed E-state index contributed by atoms with van der Waals surface area (Å²) in [6, 6.07) is 5.50. The van der Waals surface area contributed by atoms with Crippen molar-refractivity contribution >= 4 is 11.6 Å². The molecule has 20 heavy (non-hydrogen) atoms. The van der Waals surface area contributed by atoms with Gasteiger partial charge in [-0.3, -0.25) is 10.6 Å². The standard InChI is InChI=1S/C14H19N5O/c1-10-3-4-13(18-15)12(7-10)14(20)17-11(2)8-19-6-5-16-9-19/h3-7,9,11,18H,8,15H2,1-2H3,(H,17,20). The van der Waals surface area contributed by atoms with Crippen molar-refractivity contribution in [1.29, 1.82) is 0 Å². The summed E-state index contributed by atoms with van der Waals surface area (Å²) in [5.74, 6) is 5.29. The van der Waals surface area contributed by atoms with E-state index in [0.717, 1.165) is 5.56 Å². The molecule has 2 aromatic rings. The summed E-state index contributed by atoms with van der Waals surface area (Å²) >= 11 is 0. The second-order valence-corrected chi connectivity index (χ2v) is 4.83. The normalized spacial score (nSPS) is 11.9. The van der Waals surface area contributed by atoms with Crippen molar-refractivity contribution < 1.29 is 4.79 Å². The summed E-state index contributed by atoms with van der Waals surface area (Å²) in [6.07, 6.45) is 5.30. The average Bonchev–Trinajstić information content (AvgIpc) is 2.91. The highest BCUT2D eigenvalue weighted by Crippen LogP contribution is 2.16. The van der Waals surface area contributed by atoms with E-state index in [2.05, 4.69) is 15.7 Å². The van der Waals surface area contributed by atoms with E-state index in [1.807, 2.05) is 36.7 Å². The Labute approximate surface area is 118 Å². The van der Waals surface area contributed by atoms with Crippen LogP contribution in [0, 0.1) is 6.92 Å². The summed E-state index contributed by atoms with van der Waals surface area (Å²) in [6.45, 7) is 4.55. The van der Waals surface area contributed by atoms with Crippen molar-refractivity contribution in [2.24, 2.45) is 5.84 Å². The van der Waals surface area contributed by atoms with Crippen LogP contribution in [0.4, 0.5) is 5.69 Å². The first kappa shape index (κ1) is 14.1. The molecule has 0 aliphatic carbocycles. The number of nitrogens with two attached hydrogens (primary N) is 1. The molecule has 2 rings (SSSR count). The summed E-state index contributed by atoms with van der Waals surface area (Å²) in [4.78, 5) is 16.3. The summed E-state index contributed by atoms with van der Waals surface area (Å²) in [5.41, 5.74) is 4.72. The number of hydrogen-bond acceptors (Lipinski definition) is 4. The lowest BCUT2D eigenvalue weighted by atomic mass is 10.1. The van der Waals surface area contributed by atoms with E-state index >= 15 is 0 Å². The Kier molecular flexibility index (Phi) is 4.37. The largest absolute Gasteiger partial charge is 0.348 e. The van der Waals surface area contributed by atoms with Gasteiger partial charge in [0.05, 0.1) is 17.6 Å². The van der Waals surface area contributed by atoms with Crippen molar-refractivity contribution in [2.75, 3.05) is 5.43 Å². The topological polar surface area (TPSA) is 85.0 Å².